The molecule has 0 bridgehead atoms. The van der Waals surface area contributed by atoms with Crippen LogP contribution < -0.4 is 10.5 Å². The van der Waals surface area contributed by atoms with Crippen LogP contribution in [0.4, 0.5) is 13.2 Å². The fourth-order valence-electron chi connectivity index (χ4n) is 3.00. The molecule has 1 aliphatic carbocycles. The van der Waals surface area contributed by atoms with Crippen molar-refractivity contribution in [1.29, 1.82) is 0 Å². The number of halogens is 3. The van der Waals surface area contributed by atoms with Crippen LogP contribution >= 0.6 is 0 Å². The second-order valence-corrected chi connectivity index (χ2v) is 8.90. The summed E-state index contributed by atoms with van der Waals surface area (Å²) in [6.07, 6.45) is -0.854. The van der Waals surface area contributed by atoms with Gasteiger partial charge in [0.15, 0.2) is 0 Å². The zero-order chi connectivity index (χ0) is 23.5. The lowest BCUT2D eigenvalue weighted by molar-refractivity contribution is -0.192. The van der Waals surface area contributed by atoms with E-state index in [1.165, 1.54) is 18.5 Å². The number of hydrogen-bond acceptors (Lipinski definition) is 5. The Morgan fingerprint density at radius 1 is 1.22 bits per heavy atom. The summed E-state index contributed by atoms with van der Waals surface area (Å²) in [5.41, 5.74) is 9.48. The van der Waals surface area contributed by atoms with Gasteiger partial charge in [0.2, 0.25) is 10.0 Å². The first-order chi connectivity index (χ1) is 15.0. The van der Waals surface area contributed by atoms with Crippen LogP contribution in [0.25, 0.3) is 22.2 Å². The van der Waals surface area contributed by atoms with E-state index >= 15 is 0 Å². The highest BCUT2D eigenvalue weighted by Crippen LogP contribution is 2.41. The number of carboxylic acid groups (broad SMARTS) is 1. The molecule has 3 aromatic rings. The van der Waals surface area contributed by atoms with Crippen molar-refractivity contribution in [2.75, 3.05) is 13.1 Å². The third kappa shape index (κ3) is 5.64. The SMILES string of the molecule is NCCNS(=O)(=O)c1ccc(-c2ccnc3[nH]c(C4CC4)cc23)cc1.O=C(O)C(F)(F)F. The van der Waals surface area contributed by atoms with Gasteiger partial charge in [-0.15, -0.1) is 0 Å². The summed E-state index contributed by atoms with van der Waals surface area (Å²) in [4.78, 5) is 16.9. The Kier molecular flexibility index (Phi) is 6.86. The number of carboxylic acids is 1. The average molecular weight is 470 g/mol. The fourth-order valence-corrected chi connectivity index (χ4v) is 4.05. The molecule has 8 nitrogen and oxygen atoms in total. The normalized spacial score (nSPS) is 14.1. The van der Waals surface area contributed by atoms with E-state index in [9.17, 15) is 21.6 Å². The van der Waals surface area contributed by atoms with Gasteiger partial charge >= 0.3 is 12.1 Å². The maximum atomic E-state index is 12.2. The van der Waals surface area contributed by atoms with E-state index in [0.29, 0.717) is 5.92 Å². The average Bonchev–Trinajstić information content (AvgIpc) is 3.50. The molecule has 1 aliphatic rings. The lowest BCUT2D eigenvalue weighted by atomic mass is 10.0. The standard InChI is InChI=1S/C18H20N4O2S.C2HF3O2/c19-8-10-21-25(23,24)14-5-3-12(4-6-14)15-7-9-20-18-16(15)11-17(22-18)13-1-2-13;3-2(4,5)1(6)7/h3-7,9,11,13,21H,1-2,8,10,19H2,(H,20,22);(H,6,7). The molecule has 1 fully saturated rings. The van der Waals surface area contributed by atoms with Crippen molar-refractivity contribution < 1.29 is 31.5 Å². The van der Waals surface area contributed by atoms with Gasteiger partial charge in [0.05, 0.1) is 4.90 Å². The van der Waals surface area contributed by atoms with Crippen LogP contribution in [0.2, 0.25) is 0 Å². The van der Waals surface area contributed by atoms with Gasteiger partial charge in [0.1, 0.15) is 5.65 Å². The second-order valence-electron chi connectivity index (χ2n) is 7.13. The number of aliphatic carboxylic acids is 1. The number of carbonyl (C=O) groups is 1. The molecule has 2 aromatic heterocycles. The lowest BCUT2D eigenvalue weighted by Gasteiger charge is -2.07. The molecule has 4 rings (SSSR count). The van der Waals surface area contributed by atoms with Crippen molar-refractivity contribution >= 4 is 27.0 Å². The third-order valence-corrected chi connectivity index (χ3v) is 6.20. The maximum absolute atomic E-state index is 12.2. The van der Waals surface area contributed by atoms with E-state index in [4.69, 9.17) is 15.6 Å². The third-order valence-electron chi connectivity index (χ3n) is 4.72. The number of hydrogen-bond donors (Lipinski definition) is 4. The van der Waals surface area contributed by atoms with E-state index in [2.05, 4.69) is 20.8 Å². The maximum Gasteiger partial charge on any atom is 0.490 e. The first-order valence-electron chi connectivity index (χ1n) is 9.61. The monoisotopic (exact) mass is 470 g/mol. The van der Waals surface area contributed by atoms with Crippen molar-refractivity contribution in [2.45, 2.75) is 29.8 Å². The molecular formula is C20H21F3N4O4S. The zero-order valence-electron chi connectivity index (χ0n) is 16.7. The summed E-state index contributed by atoms with van der Waals surface area (Å²) >= 11 is 0. The van der Waals surface area contributed by atoms with Crippen molar-refractivity contribution in [2.24, 2.45) is 5.73 Å². The molecule has 0 spiro atoms. The molecule has 0 aliphatic heterocycles. The second kappa shape index (κ2) is 9.27. The van der Waals surface area contributed by atoms with Crippen LogP contribution in [0.1, 0.15) is 24.5 Å². The Morgan fingerprint density at radius 2 is 1.84 bits per heavy atom. The lowest BCUT2D eigenvalue weighted by Crippen LogP contribution is -2.29. The number of nitrogens with one attached hydrogen (secondary N) is 2. The number of pyridine rings is 1. The summed E-state index contributed by atoms with van der Waals surface area (Å²) < 4.78 is 58.5. The number of nitrogens with two attached hydrogens (primary N) is 1. The first-order valence-corrected chi connectivity index (χ1v) is 11.1. The summed E-state index contributed by atoms with van der Waals surface area (Å²) in [5.74, 6) is -2.13. The summed E-state index contributed by atoms with van der Waals surface area (Å²) in [6.45, 7) is 0.492. The van der Waals surface area contributed by atoms with Gasteiger partial charge in [-0.25, -0.2) is 22.9 Å². The van der Waals surface area contributed by atoms with E-state index in [-0.39, 0.29) is 18.0 Å². The minimum absolute atomic E-state index is 0.225. The Bertz CT molecular complexity index is 1200. The molecule has 0 amide bonds. The highest BCUT2D eigenvalue weighted by atomic mass is 32.2. The molecule has 5 N–H and O–H groups in total. The Labute approximate surface area is 181 Å². The van der Waals surface area contributed by atoms with Crippen LogP contribution in [0.15, 0.2) is 47.5 Å². The Balaban J connectivity index is 0.000000360. The van der Waals surface area contributed by atoms with Crippen LogP contribution in [-0.4, -0.2) is 48.7 Å². The molecule has 0 unspecified atom stereocenters. The van der Waals surface area contributed by atoms with Crippen LogP contribution in [0, 0.1) is 0 Å². The number of aromatic amines is 1. The predicted octanol–water partition coefficient (Wildman–Crippen LogP) is 2.98. The van der Waals surface area contributed by atoms with Gasteiger partial charge in [-0.2, -0.15) is 13.2 Å². The predicted molar refractivity (Wildman–Crippen MR) is 111 cm³/mol. The largest absolute Gasteiger partial charge is 0.490 e. The zero-order valence-corrected chi connectivity index (χ0v) is 17.5. The van der Waals surface area contributed by atoms with Crippen molar-refractivity contribution in [3.8, 4) is 11.1 Å². The molecule has 12 heteroatoms. The molecule has 1 saturated carbocycles. The minimum atomic E-state index is -5.08. The summed E-state index contributed by atoms with van der Waals surface area (Å²) in [7, 11) is -3.51. The van der Waals surface area contributed by atoms with Crippen LogP contribution in [-0.2, 0) is 14.8 Å². The topological polar surface area (TPSA) is 138 Å². The molecule has 0 saturated heterocycles. The molecule has 0 radical (unpaired) electrons. The first kappa shape index (κ1) is 23.7. The van der Waals surface area contributed by atoms with Gasteiger partial charge in [-0.1, -0.05) is 12.1 Å². The van der Waals surface area contributed by atoms with Crippen molar-refractivity contribution in [3.63, 3.8) is 0 Å². The number of benzene rings is 1. The highest BCUT2D eigenvalue weighted by molar-refractivity contribution is 7.89. The van der Waals surface area contributed by atoms with E-state index in [0.717, 1.165) is 22.2 Å². The smallest absolute Gasteiger partial charge is 0.475 e. The molecular weight excluding hydrogens is 449 g/mol. The Morgan fingerprint density at radius 3 is 2.38 bits per heavy atom. The number of H-pyrrole nitrogens is 1. The number of fused-ring (bicyclic) bond motifs is 1. The van der Waals surface area contributed by atoms with Gasteiger partial charge in [0.25, 0.3) is 0 Å². The number of aromatic nitrogens is 2. The quantitative estimate of drug-likeness (QED) is 0.437. The Hall–Kier alpha value is -2.96. The van der Waals surface area contributed by atoms with Gasteiger partial charge in [-0.05, 0) is 54.2 Å². The number of rotatable bonds is 6. The van der Waals surface area contributed by atoms with Crippen LogP contribution in [0.3, 0.4) is 0 Å². The van der Waals surface area contributed by atoms with Gasteiger partial charge in [0, 0.05) is 30.4 Å². The van der Waals surface area contributed by atoms with Crippen molar-refractivity contribution in [3.05, 3.63) is 48.3 Å². The summed E-state index contributed by atoms with van der Waals surface area (Å²) in [6, 6.07) is 11.0. The number of alkyl halides is 3. The fraction of sp³-hybridized carbons (Fsp3) is 0.300. The van der Waals surface area contributed by atoms with Crippen LogP contribution in [0.5, 0.6) is 0 Å². The van der Waals surface area contributed by atoms with Gasteiger partial charge in [-0.3, -0.25) is 0 Å². The molecule has 2 heterocycles. The molecule has 32 heavy (non-hydrogen) atoms. The molecule has 0 atom stereocenters. The molecule has 1 aromatic carbocycles. The molecule has 172 valence electrons. The van der Waals surface area contributed by atoms with E-state index < -0.39 is 22.2 Å². The number of sulfonamides is 1. The van der Waals surface area contributed by atoms with Gasteiger partial charge < -0.3 is 15.8 Å². The van der Waals surface area contributed by atoms with E-state index in [1.807, 2.05) is 18.2 Å². The summed E-state index contributed by atoms with van der Waals surface area (Å²) in [5, 5.41) is 8.20. The van der Waals surface area contributed by atoms with E-state index in [1.54, 1.807) is 18.3 Å². The number of nitrogens with zero attached hydrogens (tertiary/aromatic N) is 1. The minimum Gasteiger partial charge on any atom is -0.475 e. The van der Waals surface area contributed by atoms with Crippen molar-refractivity contribution in [1.82, 2.24) is 14.7 Å². The highest BCUT2D eigenvalue weighted by Gasteiger charge is 2.38.